The number of rotatable bonds is 2. The number of likely N-dealkylation sites (N-methyl/N-ethyl adjacent to an activating group) is 1. The van der Waals surface area contributed by atoms with Crippen LogP contribution in [0.2, 0.25) is 5.02 Å². The Kier molecular flexibility index (Phi) is 3.48. The first-order valence-electron chi connectivity index (χ1n) is 6.38. The molecule has 1 aliphatic heterocycles. The first kappa shape index (κ1) is 13.8. The first-order valence-corrected chi connectivity index (χ1v) is 6.76. The fraction of sp³-hybridized carbons (Fsp3) is 0.214. The van der Waals surface area contributed by atoms with Gasteiger partial charge >= 0.3 is 6.03 Å². The second kappa shape index (κ2) is 5.31. The average Bonchev–Trinajstić information content (AvgIpc) is 2.73. The number of aromatic nitrogens is 2. The van der Waals surface area contributed by atoms with Gasteiger partial charge in [-0.1, -0.05) is 23.7 Å². The highest BCUT2D eigenvalue weighted by atomic mass is 35.5. The van der Waals surface area contributed by atoms with Gasteiger partial charge in [-0.2, -0.15) is 0 Å². The Morgan fingerprint density at radius 2 is 1.90 bits per heavy atom. The van der Waals surface area contributed by atoms with Gasteiger partial charge in [-0.15, -0.1) is 10.2 Å². The molecule has 1 aromatic carbocycles. The van der Waals surface area contributed by atoms with Crippen molar-refractivity contribution in [1.29, 1.82) is 0 Å². The van der Waals surface area contributed by atoms with E-state index >= 15 is 0 Å². The van der Waals surface area contributed by atoms with Crippen molar-refractivity contribution in [2.24, 2.45) is 0 Å². The van der Waals surface area contributed by atoms with Gasteiger partial charge in [0.25, 0.3) is 0 Å². The molecule has 0 bridgehead atoms. The second-order valence-corrected chi connectivity index (χ2v) is 5.23. The summed E-state index contributed by atoms with van der Waals surface area (Å²) >= 11 is 5.84. The number of β-amino-alcohol motifs (C(OH)–C–C–N with tert-alkyl or cyclic N) is 1. The van der Waals surface area contributed by atoms with Crippen molar-refractivity contribution < 1.29 is 9.90 Å². The Balaban J connectivity index is 1.87. The van der Waals surface area contributed by atoms with Gasteiger partial charge in [-0.25, -0.2) is 9.69 Å². The van der Waals surface area contributed by atoms with Gasteiger partial charge in [-0.3, -0.25) is 0 Å². The zero-order valence-corrected chi connectivity index (χ0v) is 12.0. The molecule has 108 valence electrons. The summed E-state index contributed by atoms with van der Waals surface area (Å²) in [6.45, 7) is 0.249. The van der Waals surface area contributed by atoms with Crippen LogP contribution in [0.1, 0.15) is 0 Å². The zero-order valence-electron chi connectivity index (χ0n) is 11.3. The summed E-state index contributed by atoms with van der Waals surface area (Å²) in [6, 6.07) is 10.4. The molecule has 1 N–H and O–H groups in total. The molecule has 2 aromatic rings. The monoisotopic (exact) mass is 304 g/mol. The number of hydrogen-bond acceptors (Lipinski definition) is 4. The summed E-state index contributed by atoms with van der Waals surface area (Å²) in [7, 11) is 1.63. The molecule has 3 rings (SSSR count). The molecule has 0 spiro atoms. The van der Waals surface area contributed by atoms with E-state index in [1.165, 1.54) is 9.80 Å². The van der Waals surface area contributed by atoms with Crippen LogP contribution in [-0.4, -0.2) is 46.1 Å². The van der Waals surface area contributed by atoms with Crippen molar-refractivity contribution >= 4 is 23.4 Å². The minimum atomic E-state index is -0.904. The van der Waals surface area contributed by atoms with Gasteiger partial charge in [0, 0.05) is 17.6 Å². The van der Waals surface area contributed by atoms with Crippen LogP contribution in [0.15, 0.2) is 36.4 Å². The Morgan fingerprint density at radius 3 is 2.43 bits per heavy atom. The van der Waals surface area contributed by atoms with Crippen molar-refractivity contribution in [3.63, 3.8) is 0 Å². The summed E-state index contributed by atoms with van der Waals surface area (Å²) in [5.41, 5.74) is 1.55. The molecule has 1 atom stereocenters. The third-order valence-corrected chi connectivity index (χ3v) is 3.56. The molecular formula is C14H13ClN4O2. The maximum Gasteiger partial charge on any atom is 0.327 e. The summed E-state index contributed by atoms with van der Waals surface area (Å²) in [6.07, 6.45) is -0.904. The van der Waals surface area contributed by atoms with Crippen LogP contribution in [-0.2, 0) is 0 Å². The first-order chi connectivity index (χ1) is 10.1. The van der Waals surface area contributed by atoms with Gasteiger partial charge in [0.1, 0.15) is 0 Å². The largest absolute Gasteiger partial charge is 0.371 e. The van der Waals surface area contributed by atoms with Crippen LogP contribution in [0.25, 0.3) is 11.3 Å². The maximum absolute atomic E-state index is 11.9. The van der Waals surface area contributed by atoms with E-state index in [-0.39, 0.29) is 12.6 Å². The van der Waals surface area contributed by atoms with Crippen LogP contribution in [0.3, 0.4) is 0 Å². The lowest BCUT2D eigenvalue weighted by Crippen LogP contribution is -2.35. The van der Waals surface area contributed by atoms with Crippen LogP contribution < -0.4 is 4.90 Å². The number of carbonyl (C=O) groups excluding carboxylic acids is 1. The topological polar surface area (TPSA) is 69.6 Å². The molecule has 0 saturated carbocycles. The number of aliphatic hydroxyl groups is 1. The molecule has 1 aliphatic rings. The van der Waals surface area contributed by atoms with Crippen molar-refractivity contribution in [2.75, 3.05) is 18.5 Å². The number of urea groups is 1. The minimum absolute atomic E-state index is 0.249. The molecule has 1 saturated heterocycles. The molecule has 6 nitrogen and oxygen atoms in total. The molecule has 7 heteroatoms. The fourth-order valence-corrected chi connectivity index (χ4v) is 2.32. The van der Waals surface area contributed by atoms with Crippen LogP contribution in [0.5, 0.6) is 0 Å². The third-order valence-electron chi connectivity index (χ3n) is 3.31. The third kappa shape index (κ3) is 2.55. The van der Waals surface area contributed by atoms with E-state index in [1.807, 2.05) is 12.1 Å². The molecule has 1 aromatic heterocycles. The van der Waals surface area contributed by atoms with E-state index in [0.29, 0.717) is 16.5 Å². The van der Waals surface area contributed by atoms with Crippen LogP contribution >= 0.6 is 11.6 Å². The fourth-order valence-electron chi connectivity index (χ4n) is 2.20. The predicted octanol–water partition coefficient (Wildman–Crippen LogP) is 1.99. The van der Waals surface area contributed by atoms with Gasteiger partial charge in [-0.05, 0) is 24.3 Å². The number of benzene rings is 1. The van der Waals surface area contributed by atoms with E-state index in [9.17, 15) is 9.90 Å². The zero-order chi connectivity index (χ0) is 15.0. The van der Waals surface area contributed by atoms with E-state index in [4.69, 9.17) is 11.6 Å². The summed E-state index contributed by atoms with van der Waals surface area (Å²) in [4.78, 5) is 14.6. The smallest absolute Gasteiger partial charge is 0.327 e. The molecule has 2 heterocycles. The lowest BCUT2D eigenvalue weighted by Gasteiger charge is -2.17. The van der Waals surface area contributed by atoms with E-state index in [1.54, 1.807) is 31.3 Å². The summed E-state index contributed by atoms with van der Waals surface area (Å²) in [5, 5.41) is 18.7. The molecule has 2 amide bonds. The maximum atomic E-state index is 11.9. The van der Waals surface area contributed by atoms with Gasteiger partial charge < -0.3 is 10.0 Å². The van der Waals surface area contributed by atoms with Crippen molar-refractivity contribution in [1.82, 2.24) is 15.1 Å². The van der Waals surface area contributed by atoms with Gasteiger partial charge in [0.05, 0.1) is 12.2 Å². The predicted molar refractivity (Wildman–Crippen MR) is 79.0 cm³/mol. The Hall–Kier alpha value is -2.18. The normalized spacial score (nSPS) is 18.4. The van der Waals surface area contributed by atoms with Gasteiger partial charge in [0.15, 0.2) is 12.0 Å². The standard InChI is InChI=1S/C14H13ClN4O2/c1-18-8-13(20)19(14(18)21)12-7-6-11(16-17-12)9-2-4-10(15)5-3-9/h2-7,13,20H,8H2,1H3. The number of anilines is 1. The van der Waals surface area contributed by atoms with Crippen LogP contribution in [0, 0.1) is 0 Å². The minimum Gasteiger partial charge on any atom is -0.371 e. The Morgan fingerprint density at radius 1 is 1.19 bits per heavy atom. The number of hydrogen-bond donors (Lipinski definition) is 1. The van der Waals surface area contributed by atoms with E-state index < -0.39 is 6.23 Å². The van der Waals surface area contributed by atoms with E-state index in [2.05, 4.69) is 10.2 Å². The number of amides is 2. The lowest BCUT2D eigenvalue weighted by molar-refractivity contribution is 0.183. The number of nitrogens with zero attached hydrogens (tertiary/aromatic N) is 4. The molecule has 1 fully saturated rings. The Bertz CT molecular complexity index is 660. The number of carbonyl (C=O) groups is 1. The second-order valence-electron chi connectivity index (χ2n) is 4.80. The lowest BCUT2D eigenvalue weighted by atomic mass is 10.1. The molecule has 0 radical (unpaired) electrons. The molecular weight excluding hydrogens is 292 g/mol. The van der Waals surface area contributed by atoms with Gasteiger partial charge in [0.2, 0.25) is 0 Å². The molecule has 1 unspecified atom stereocenters. The highest BCUT2D eigenvalue weighted by molar-refractivity contribution is 6.30. The van der Waals surface area contributed by atoms with Crippen molar-refractivity contribution in [3.8, 4) is 11.3 Å². The number of halogens is 1. The van der Waals surface area contributed by atoms with Crippen molar-refractivity contribution in [3.05, 3.63) is 41.4 Å². The Labute approximate surface area is 126 Å². The average molecular weight is 305 g/mol. The van der Waals surface area contributed by atoms with E-state index in [0.717, 1.165) is 5.56 Å². The molecule has 0 aliphatic carbocycles. The highest BCUT2D eigenvalue weighted by Crippen LogP contribution is 2.23. The van der Waals surface area contributed by atoms with Crippen molar-refractivity contribution in [2.45, 2.75) is 6.23 Å². The highest BCUT2D eigenvalue weighted by Gasteiger charge is 2.35. The summed E-state index contributed by atoms with van der Waals surface area (Å²) in [5.74, 6) is 0.328. The quantitative estimate of drug-likeness (QED) is 0.921. The molecule has 21 heavy (non-hydrogen) atoms. The number of aliphatic hydroxyl groups excluding tert-OH is 1. The SMILES string of the molecule is CN1CC(O)N(c2ccc(-c3ccc(Cl)cc3)nn2)C1=O. The van der Waals surface area contributed by atoms with Crippen LogP contribution in [0.4, 0.5) is 10.6 Å². The summed E-state index contributed by atoms with van der Waals surface area (Å²) < 4.78 is 0.